The smallest absolute Gasteiger partial charge is 0.309 e. The van der Waals surface area contributed by atoms with Gasteiger partial charge in [-0.05, 0) is 118 Å². The standard InChI is InChI=1S/C35H42F4O4/c1-2-3-29(40)28-17-16-26(31(36)33(28)38)23-12-14-25(15-13-23)43-35(42)24-10-6-21(7-11-24)20-4-8-22(9-5-20)27-18-19-30(41)34(39)32(27)37/h8,16-21,23-25,29,40-41H,2-7,9-15H2,1H3. The van der Waals surface area contributed by atoms with Crippen molar-refractivity contribution >= 4 is 11.5 Å². The van der Waals surface area contributed by atoms with Gasteiger partial charge in [0.2, 0.25) is 5.82 Å². The number of hydrogen-bond donors (Lipinski definition) is 2. The summed E-state index contributed by atoms with van der Waals surface area (Å²) in [5.41, 5.74) is 1.33. The van der Waals surface area contributed by atoms with Crippen LogP contribution in [0.15, 0.2) is 30.3 Å². The minimum atomic E-state index is -1.21. The van der Waals surface area contributed by atoms with Gasteiger partial charge in [0, 0.05) is 11.1 Å². The summed E-state index contributed by atoms with van der Waals surface area (Å²) in [4.78, 5) is 13.0. The summed E-state index contributed by atoms with van der Waals surface area (Å²) in [5, 5.41) is 19.5. The van der Waals surface area contributed by atoms with Crippen LogP contribution in [-0.2, 0) is 9.53 Å². The van der Waals surface area contributed by atoms with Crippen molar-refractivity contribution in [3.63, 3.8) is 0 Å². The Balaban J connectivity index is 1.07. The number of aliphatic hydroxyl groups is 1. The largest absolute Gasteiger partial charge is 0.505 e. The molecule has 3 aliphatic rings. The number of carbonyl (C=O) groups is 1. The highest BCUT2D eigenvalue weighted by molar-refractivity contribution is 5.72. The summed E-state index contributed by atoms with van der Waals surface area (Å²) < 4.78 is 63.6. The molecule has 5 rings (SSSR count). The molecule has 2 fully saturated rings. The molecule has 2 unspecified atom stereocenters. The zero-order valence-corrected chi connectivity index (χ0v) is 24.8. The monoisotopic (exact) mass is 602 g/mol. The van der Waals surface area contributed by atoms with E-state index in [-0.39, 0.29) is 35.0 Å². The number of aromatic hydroxyl groups is 1. The van der Waals surface area contributed by atoms with E-state index < -0.39 is 35.1 Å². The van der Waals surface area contributed by atoms with Crippen LogP contribution in [0.3, 0.4) is 0 Å². The molecule has 2 aromatic rings. The van der Waals surface area contributed by atoms with E-state index in [2.05, 4.69) is 0 Å². The van der Waals surface area contributed by atoms with E-state index in [1.165, 1.54) is 18.2 Å². The first-order chi connectivity index (χ1) is 20.7. The van der Waals surface area contributed by atoms with Crippen LogP contribution in [0, 0.1) is 41.0 Å². The van der Waals surface area contributed by atoms with E-state index >= 15 is 0 Å². The Morgan fingerprint density at radius 2 is 1.58 bits per heavy atom. The highest BCUT2D eigenvalue weighted by Crippen LogP contribution is 2.43. The maximum absolute atomic E-state index is 14.9. The molecule has 2 atom stereocenters. The quantitative estimate of drug-likeness (QED) is 0.234. The molecule has 3 aliphatic carbocycles. The second-order valence-corrected chi connectivity index (χ2v) is 12.7. The Morgan fingerprint density at radius 3 is 2.23 bits per heavy atom. The lowest BCUT2D eigenvalue weighted by atomic mass is 9.71. The average molecular weight is 603 g/mol. The number of ether oxygens (including phenoxy) is 1. The molecule has 0 saturated heterocycles. The van der Waals surface area contributed by atoms with Gasteiger partial charge in [-0.3, -0.25) is 4.79 Å². The Hall–Kier alpha value is -2.87. The van der Waals surface area contributed by atoms with Gasteiger partial charge in [0.15, 0.2) is 23.2 Å². The first-order valence-electron chi connectivity index (χ1n) is 15.9. The summed E-state index contributed by atoms with van der Waals surface area (Å²) in [7, 11) is 0. The zero-order valence-electron chi connectivity index (χ0n) is 24.8. The molecule has 43 heavy (non-hydrogen) atoms. The van der Waals surface area contributed by atoms with Crippen molar-refractivity contribution in [1.29, 1.82) is 0 Å². The average Bonchev–Trinajstić information content (AvgIpc) is 3.02. The van der Waals surface area contributed by atoms with E-state index in [1.54, 1.807) is 6.07 Å². The van der Waals surface area contributed by atoms with Crippen LogP contribution < -0.4 is 0 Å². The van der Waals surface area contributed by atoms with Crippen LogP contribution in [0.5, 0.6) is 5.75 Å². The second kappa shape index (κ2) is 13.8. The second-order valence-electron chi connectivity index (χ2n) is 12.7. The maximum Gasteiger partial charge on any atom is 0.309 e. The van der Waals surface area contributed by atoms with Gasteiger partial charge in [-0.2, -0.15) is 4.39 Å². The Bertz CT molecular complexity index is 1330. The molecule has 0 bridgehead atoms. The summed E-state index contributed by atoms with van der Waals surface area (Å²) >= 11 is 0. The Kier molecular flexibility index (Phi) is 10.2. The van der Waals surface area contributed by atoms with E-state index in [1.807, 2.05) is 13.0 Å². The minimum absolute atomic E-state index is 0.00583. The van der Waals surface area contributed by atoms with E-state index in [9.17, 15) is 32.6 Å². The highest BCUT2D eigenvalue weighted by atomic mass is 19.2. The number of allylic oxidation sites excluding steroid dienone is 2. The molecule has 2 saturated carbocycles. The summed E-state index contributed by atoms with van der Waals surface area (Å²) in [6.45, 7) is 1.88. The van der Waals surface area contributed by atoms with Gasteiger partial charge < -0.3 is 14.9 Å². The molecule has 4 nitrogen and oxygen atoms in total. The summed E-state index contributed by atoms with van der Waals surface area (Å²) in [6.07, 6.45) is 9.94. The minimum Gasteiger partial charge on any atom is -0.505 e. The third-order valence-electron chi connectivity index (χ3n) is 10.1. The topological polar surface area (TPSA) is 66.8 Å². The molecule has 0 spiro atoms. The molecule has 0 aromatic heterocycles. The molecular weight excluding hydrogens is 560 g/mol. The number of carbonyl (C=O) groups excluding carboxylic acids is 1. The lowest BCUT2D eigenvalue weighted by Crippen LogP contribution is -2.31. The van der Waals surface area contributed by atoms with Crippen molar-refractivity contribution in [2.75, 3.05) is 0 Å². The van der Waals surface area contributed by atoms with Crippen LogP contribution in [0.25, 0.3) is 5.57 Å². The van der Waals surface area contributed by atoms with Crippen LogP contribution >= 0.6 is 0 Å². The lowest BCUT2D eigenvalue weighted by molar-refractivity contribution is -0.157. The molecule has 0 amide bonds. The van der Waals surface area contributed by atoms with Gasteiger partial charge in [0.25, 0.3) is 0 Å². The van der Waals surface area contributed by atoms with Crippen molar-refractivity contribution in [3.8, 4) is 5.75 Å². The number of hydrogen-bond acceptors (Lipinski definition) is 4. The summed E-state index contributed by atoms with van der Waals surface area (Å²) in [6, 6.07) is 5.71. The van der Waals surface area contributed by atoms with Crippen molar-refractivity contribution in [2.45, 2.75) is 109 Å². The maximum atomic E-state index is 14.9. The van der Waals surface area contributed by atoms with Crippen molar-refractivity contribution in [1.82, 2.24) is 0 Å². The van der Waals surface area contributed by atoms with Crippen LogP contribution in [0.1, 0.15) is 119 Å². The number of rotatable bonds is 8. The molecule has 0 radical (unpaired) electrons. The third-order valence-corrected chi connectivity index (χ3v) is 10.1. The van der Waals surface area contributed by atoms with Crippen molar-refractivity contribution in [2.24, 2.45) is 17.8 Å². The Morgan fingerprint density at radius 1 is 0.860 bits per heavy atom. The molecular formula is C35H42F4O4. The molecule has 8 heteroatoms. The van der Waals surface area contributed by atoms with Gasteiger partial charge >= 0.3 is 5.97 Å². The number of esters is 1. The lowest BCUT2D eigenvalue weighted by Gasteiger charge is -2.35. The fourth-order valence-electron chi connectivity index (χ4n) is 7.47. The van der Waals surface area contributed by atoms with E-state index in [0.29, 0.717) is 62.3 Å². The fourth-order valence-corrected chi connectivity index (χ4v) is 7.47. The van der Waals surface area contributed by atoms with E-state index in [0.717, 1.165) is 44.1 Å². The van der Waals surface area contributed by atoms with Crippen molar-refractivity contribution in [3.05, 3.63) is 70.3 Å². The van der Waals surface area contributed by atoms with E-state index in [4.69, 9.17) is 4.74 Å². The van der Waals surface area contributed by atoms with Crippen molar-refractivity contribution < 1.29 is 37.3 Å². The third kappa shape index (κ3) is 6.95. The highest BCUT2D eigenvalue weighted by Gasteiger charge is 2.35. The van der Waals surface area contributed by atoms with Crippen LogP contribution in [0.2, 0.25) is 0 Å². The first kappa shape index (κ1) is 31.6. The fraction of sp³-hybridized carbons (Fsp3) is 0.571. The predicted molar refractivity (Wildman–Crippen MR) is 156 cm³/mol. The number of benzene rings is 2. The van der Waals surface area contributed by atoms with Gasteiger partial charge in [0.05, 0.1) is 12.0 Å². The normalized spacial score (nSPS) is 26.9. The molecule has 234 valence electrons. The predicted octanol–water partition coefficient (Wildman–Crippen LogP) is 9.04. The summed E-state index contributed by atoms with van der Waals surface area (Å²) in [5.74, 6) is -4.27. The molecule has 0 heterocycles. The van der Waals surface area contributed by atoms with Gasteiger partial charge in [-0.25, -0.2) is 13.2 Å². The number of phenols is 1. The molecule has 2 N–H and O–H groups in total. The SMILES string of the molecule is CCCC(O)c1ccc(C2CCC(OC(=O)C3CCC(C4CC=C(c5ccc(O)c(F)c5F)CC4)CC3)CC2)c(F)c1F. The molecule has 0 aliphatic heterocycles. The van der Waals surface area contributed by atoms with Gasteiger partial charge in [-0.15, -0.1) is 0 Å². The Labute approximate surface area is 251 Å². The van der Waals surface area contributed by atoms with Crippen LogP contribution in [0.4, 0.5) is 17.6 Å². The van der Waals surface area contributed by atoms with Gasteiger partial charge in [-0.1, -0.05) is 31.6 Å². The zero-order chi connectivity index (χ0) is 30.7. The van der Waals surface area contributed by atoms with Gasteiger partial charge in [0.1, 0.15) is 6.10 Å². The molecule has 2 aromatic carbocycles. The number of phenolic OH excluding ortho intramolecular Hbond substituents is 1. The first-order valence-corrected chi connectivity index (χ1v) is 15.9. The number of aliphatic hydroxyl groups excluding tert-OH is 1. The number of halogens is 4. The van der Waals surface area contributed by atoms with Crippen LogP contribution in [-0.4, -0.2) is 22.3 Å².